The lowest BCUT2D eigenvalue weighted by Crippen LogP contribution is -2.51. The van der Waals surface area contributed by atoms with Gasteiger partial charge >= 0.3 is 0 Å². The molecule has 0 bridgehead atoms. The molecule has 2 aromatic carbocycles. The van der Waals surface area contributed by atoms with Crippen LogP contribution in [0.15, 0.2) is 34.3 Å². The van der Waals surface area contributed by atoms with Crippen LogP contribution in [-0.4, -0.2) is 96.1 Å². The Labute approximate surface area is 472 Å². The number of aromatic hydroxyl groups is 2. The van der Waals surface area contributed by atoms with Crippen molar-refractivity contribution in [3.05, 3.63) is 57.6 Å². The van der Waals surface area contributed by atoms with E-state index in [2.05, 4.69) is 135 Å². The van der Waals surface area contributed by atoms with E-state index in [1.54, 1.807) is 0 Å². The highest BCUT2D eigenvalue weighted by molar-refractivity contribution is 5.86. The molecule has 0 spiro atoms. The van der Waals surface area contributed by atoms with Gasteiger partial charge in [0.1, 0.15) is 11.5 Å². The molecule has 0 aliphatic heterocycles. The van der Waals surface area contributed by atoms with Gasteiger partial charge < -0.3 is 19.2 Å². The topological polar surface area (TPSA) is 65.2 Å². The molecule has 1 aliphatic carbocycles. The molecule has 2 aromatic rings. The van der Waals surface area contributed by atoms with Crippen molar-refractivity contribution in [2.24, 2.45) is 9.98 Å². The highest BCUT2D eigenvalue weighted by Gasteiger charge is 2.36. The molecular formula is C70H126N4O2+2. The van der Waals surface area contributed by atoms with E-state index in [1.165, 1.54) is 188 Å². The molecule has 436 valence electrons. The van der Waals surface area contributed by atoms with Crippen molar-refractivity contribution in [2.75, 3.05) is 52.4 Å². The van der Waals surface area contributed by atoms with E-state index in [1.807, 2.05) is 12.4 Å². The number of benzene rings is 2. The van der Waals surface area contributed by atoms with Gasteiger partial charge in [-0.05, 0) is 135 Å². The molecule has 1 fully saturated rings. The van der Waals surface area contributed by atoms with Crippen LogP contribution in [0.2, 0.25) is 0 Å². The molecule has 3 rings (SSSR count). The second-order valence-corrected chi connectivity index (χ2v) is 27.5. The summed E-state index contributed by atoms with van der Waals surface area (Å²) in [5.41, 5.74) is 5.99. The molecule has 0 aromatic heterocycles. The smallest absolute Gasteiger partial charge is 0.128 e. The molecule has 1 saturated carbocycles. The average molecular weight is 1060 g/mol. The lowest BCUT2D eigenvalue weighted by molar-refractivity contribution is -0.929. The van der Waals surface area contributed by atoms with Gasteiger partial charge in [-0.15, -0.1) is 0 Å². The molecule has 6 heteroatoms. The number of hydrogen-bond acceptors (Lipinski definition) is 4. The summed E-state index contributed by atoms with van der Waals surface area (Å²) in [4.78, 5) is 10.8. The summed E-state index contributed by atoms with van der Waals surface area (Å²) >= 11 is 0. The maximum atomic E-state index is 12.4. The van der Waals surface area contributed by atoms with Crippen LogP contribution >= 0.6 is 0 Å². The van der Waals surface area contributed by atoms with Crippen LogP contribution in [0.4, 0.5) is 0 Å². The van der Waals surface area contributed by atoms with Gasteiger partial charge in [-0.1, -0.05) is 200 Å². The van der Waals surface area contributed by atoms with E-state index in [4.69, 9.17) is 9.98 Å². The molecule has 76 heavy (non-hydrogen) atoms. The molecule has 2 unspecified atom stereocenters. The minimum Gasteiger partial charge on any atom is -0.507 e. The number of phenols is 2. The molecule has 0 heterocycles. The predicted molar refractivity (Wildman–Crippen MR) is 336 cm³/mol. The number of hydrogen-bond donors (Lipinski definition) is 2. The standard InChI is InChI=1S/C70H124N4O2/c1-17-25-39-69(15,40-26-18-2)59-51-57(65(75)61(53-59)67(9,10)11)55-71-63-37-33-34-38-64(63)72-56-58-52-60(54-62(66(58)76)68(12,13)14)70(16,41-35-49-73(43-27-19-3,44-28-20-4)45-29-21-5)42-36-50-74(46-30-22-6,47-31-23-7)48-32-24-8/h51-56,63-64H,17-50H2,1-16H3/p+2. The Balaban J connectivity index is 2.20. The zero-order valence-corrected chi connectivity index (χ0v) is 53.3. The summed E-state index contributed by atoms with van der Waals surface area (Å²) in [6.07, 6.45) is 35.5. The number of quaternary nitrogens is 2. The first kappa shape index (κ1) is 67.6. The first-order valence-corrected chi connectivity index (χ1v) is 32.6. The lowest BCUT2D eigenvalue weighted by atomic mass is 9.72. The van der Waals surface area contributed by atoms with Gasteiger partial charge in [0, 0.05) is 34.7 Å². The summed E-state index contributed by atoms with van der Waals surface area (Å²) in [5, 5.41) is 24.4. The minimum absolute atomic E-state index is 0.00446. The Morgan fingerprint density at radius 1 is 0.408 bits per heavy atom. The van der Waals surface area contributed by atoms with Crippen molar-refractivity contribution >= 4 is 12.4 Å². The minimum atomic E-state index is -0.244. The summed E-state index contributed by atoms with van der Waals surface area (Å²) in [5.74, 6) is 0.747. The van der Waals surface area contributed by atoms with Crippen molar-refractivity contribution in [3.8, 4) is 11.5 Å². The van der Waals surface area contributed by atoms with Crippen LogP contribution in [0.5, 0.6) is 11.5 Å². The summed E-state index contributed by atoms with van der Waals surface area (Å²) in [7, 11) is 0. The van der Waals surface area contributed by atoms with E-state index in [0.717, 1.165) is 73.6 Å². The van der Waals surface area contributed by atoms with Gasteiger partial charge in [0.25, 0.3) is 0 Å². The van der Waals surface area contributed by atoms with Gasteiger partial charge in [0.15, 0.2) is 0 Å². The number of aliphatic imine (C=N–C) groups is 2. The van der Waals surface area contributed by atoms with Crippen LogP contribution in [0, 0.1) is 0 Å². The second-order valence-electron chi connectivity index (χ2n) is 27.5. The Hall–Kier alpha value is -2.70. The molecular weight excluding hydrogens is 929 g/mol. The number of rotatable bonds is 38. The fourth-order valence-corrected chi connectivity index (χ4v) is 13.0. The van der Waals surface area contributed by atoms with Gasteiger partial charge in [0.2, 0.25) is 0 Å². The van der Waals surface area contributed by atoms with Crippen molar-refractivity contribution in [2.45, 2.75) is 311 Å². The van der Waals surface area contributed by atoms with E-state index < -0.39 is 0 Å². The maximum absolute atomic E-state index is 12.4. The number of nitrogens with zero attached hydrogens (tertiary/aromatic N) is 4. The SMILES string of the molecule is CCCCC(C)(CCCC)c1cc(C=NC2CCCCC2N=Cc2cc(C(C)(CCC[N+](CCCC)(CCCC)CCCC)CCC[N+](CCCC)(CCCC)CCCC)cc(C(C)(C)C)c2O)c(O)c(C(C)(C)C)c1. The van der Waals surface area contributed by atoms with Gasteiger partial charge in [-0.3, -0.25) is 9.98 Å². The van der Waals surface area contributed by atoms with Crippen LogP contribution in [-0.2, 0) is 21.7 Å². The van der Waals surface area contributed by atoms with Crippen LogP contribution in [0.3, 0.4) is 0 Å². The summed E-state index contributed by atoms with van der Waals surface area (Å²) in [6.45, 7) is 47.7. The first-order chi connectivity index (χ1) is 36.1. The quantitative estimate of drug-likeness (QED) is 0.0520. The largest absolute Gasteiger partial charge is 0.507 e. The molecule has 2 N–H and O–H groups in total. The normalized spacial score (nSPS) is 16.5. The summed E-state index contributed by atoms with van der Waals surface area (Å²) in [6, 6.07) is 9.37. The number of phenolic OH excluding ortho intramolecular Hbond substituents is 2. The van der Waals surface area contributed by atoms with Crippen molar-refractivity contribution < 1.29 is 19.2 Å². The zero-order valence-electron chi connectivity index (χ0n) is 53.3. The highest BCUT2D eigenvalue weighted by Crippen LogP contribution is 2.44. The predicted octanol–water partition coefficient (Wildman–Crippen LogP) is 19.4. The Kier molecular flexibility index (Phi) is 29.5. The van der Waals surface area contributed by atoms with E-state index >= 15 is 0 Å². The highest BCUT2D eigenvalue weighted by atomic mass is 16.3. The van der Waals surface area contributed by atoms with Gasteiger partial charge in [-0.25, -0.2) is 0 Å². The fourth-order valence-electron chi connectivity index (χ4n) is 13.0. The Bertz CT molecular complexity index is 1890. The van der Waals surface area contributed by atoms with Crippen LogP contribution < -0.4 is 0 Å². The first-order valence-electron chi connectivity index (χ1n) is 32.6. The van der Waals surface area contributed by atoms with E-state index in [0.29, 0.717) is 11.5 Å². The Morgan fingerprint density at radius 3 is 0.934 bits per heavy atom. The summed E-state index contributed by atoms with van der Waals surface area (Å²) < 4.78 is 2.56. The van der Waals surface area contributed by atoms with Crippen molar-refractivity contribution in [1.82, 2.24) is 0 Å². The fraction of sp³-hybridized carbons (Fsp3) is 0.800. The zero-order chi connectivity index (χ0) is 56.5. The molecule has 2 atom stereocenters. The monoisotopic (exact) mass is 1050 g/mol. The lowest BCUT2D eigenvalue weighted by Gasteiger charge is -2.42. The molecule has 1 aliphatic rings. The third-order valence-corrected chi connectivity index (χ3v) is 18.6. The van der Waals surface area contributed by atoms with Crippen molar-refractivity contribution in [3.63, 3.8) is 0 Å². The Morgan fingerprint density at radius 2 is 0.671 bits per heavy atom. The number of unbranched alkanes of at least 4 members (excludes halogenated alkanes) is 8. The molecule has 0 saturated heterocycles. The average Bonchev–Trinajstić information content (AvgIpc) is 3.39. The third kappa shape index (κ3) is 20.8. The van der Waals surface area contributed by atoms with E-state index in [-0.39, 0.29) is 33.7 Å². The van der Waals surface area contributed by atoms with Crippen LogP contribution in [0.25, 0.3) is 0 Å². The van der Waals surface area contributed by atoms with E-state index in [9.17, 15) is 10.2 Å². The second kappa shape index (κ2) is 33.1. The third-order valence-electron chi connectivity index (χ3n) is 18.6. The van der Waals surface area contributed by atoms with Crippen molar-refractivity contribution in [1.29, 1.82) is 0 Å². The van der Waals surface area contributed by atoms with Crippen LogP contribution in [0.1, 0.15) is 311 Å². The molecule has 0 radical (unpaired) electrons. The van der Waals surface area contributed by atoms with Gasteiger partial charge in [0.05, 0.1) is 64.4 Å². The molecule has 0 amide bonds. The molecule has 6 nitrogen and oxygen atoms in total. The maximum Gasteiger partial charge on any atom is 0.128 e. The van der Waals surface area contributed by atoms with Gasteiger partial charge in [-0.2, -0.15) is 0 Å².